The number of ether oxygens (including phenoxy) is 1. The van der Waals surface area contributed by atoms with Crippen molar-refractivity contribution in [3.8, 4) is 11.3 Å². The maximum Gasteiger partial charge on any atom is 0.490 e. The Morgan fingerprint density at radius 2 is 1.84 bits per heavy atom. The zero-order valence-corrected chi connectivity index (χ0v) is 19.1. The Morgan fingerprint density at radius 1 is 1.22 bits per heavy atom. The van der Waals surface area contributed by atoms with Crippen LogP contribution >= 0.6 is 46.7 Å². The number of alkyl halides is 1. The number of hydrogen-bond donors (Lipinski definition) is 6. The van der Waals surface area contributed by atoms with Crippen molar-refractivity contribution in [3.63, 3.8) is 0 Å². The summed E-state index contributed by atoms with van der Waals surface area (Å²) in [5.41, 5.74) is -2.01. The molecule has 6 atom stereocenters. The lowest BCUT2D eigenvalue weighted by atomic mass is 10.00. The highest BCUT2D eigenvalue weighted by atomic mass is 35.5. The van der Waals surface area contributed by atoms with Crippen molar-refractivity contribution in [2.75, 3.05) is 6.61 Å². The highest BCUT2D eigenvalue weighted by Gasteiger charge is 2.57. The molecule has 32 heavy (non-hydrogen) atoms. The lowest BCUT2D eigenvalue weighted by Crippen LogP contribution is -2.45. The topological polar surface area (TPSA) is 257 Å². The minimum absolute atomic E-state index is 0.476. The predicted molar refractivity (Wildman–Crippen MR) is 101 cm³/mol. The zero-order chi connectivity index (χ0) is 24.5. The van der Waals surface area contributed by atoms with Crippen LogP contribution in [0.25, 0.3) is 0 Å². The molecule has 2 rings (SSSR count). The fraction of sp³-hybridized carbons (Fsp3) is 0.500. The number of nitrogens with one attached hydrogen (secondary N) is 1. The van der Waals surface area contributed by atoms with Gasteiger partial charge in [0.05, 0.1) is 6.61 Å². The summed E-state index contributed by atoms with van der Waals surface area (Å²) in [6.45, 7) is -1.11. The van der Waals surface area contributed by atoms with Gasteiger partial charge in [-0.2, -0.15) is 18.4 Å². The minimum Gasteiger partial charge on any atom is -0.387 e. The first-order valence-electron chi connectivity index (χ1n) is 7.61. The van der Waals surface area contributed by atoms with Crippen molar-refractivity contribution in [2.24, 2.45) is 0 Å². The second kappa shape index (κ2) is 9.75. The molecule has 6 N–H and O–H groups in total. The zero-order valence-electron chi connectivity index (χ0n) is 14.9. The van der Waals surface area contributed by atoms with Crippen LogP contribution in [0.3, 0.4) is 0 Å². The third-order valence-electron chi connectivity index (χ3n) is 3.46. The van der Waals surface area contributed by atoms with E-state index >= 15 is 0 Å². The highest BCUT2D eigenvalue weighted by molar-refractivity contribution is 7.66. The fourth-order valence-electron chi connectivity index (χ4n) is 2.33. The molecule has 180 valence electrons. The Morgan fingerprint density at radius 3 is 2.38 bits per heavy atom. The van der Waals surface area contributed by atoms with Gasteiger partial charge >= 0.3 is 29.2 Å². The van der Waals surface area contributed by atoms with Crippen molar-refractivity contribution in [1.29, 1.82) is 0 Å². The van der Waals surface area contributed by atoms with Crippen molar-refractivity contribution in [1.82, 2.24) is 14.8 Å². The van der Waals surface area contributed by atoms with E-state index in [4.69, 9.17) is 42.6 Å². The van der Waals surface area contributed by atoms with Crippen LogP contribution in [0.15, 0.2) is 15.8 Å². The Hall–Kier alpha value is -0.920. The van der Waals surface area contributed by atoms with E-state index in [0.29, 0.717) is 10.9 Å². The average Bonchev–Trinajstić information content (AvgIpc) is 2.82. The van der Waals surface area contributed by atoms with Crippen LogP contribution in [0.1, 0.15) is 6.23 Å². The monoisotopic (exact) mass is 561 g/mol. The molecular formula is C10H12Cl2N3O14P3. The average molecular weight is 562 g/mol. The summed E-state index contributed by atoms with van der Waals surface area (Å²) >= 11 is 11.6. The van der Waals surface area contributed by atoms with Gasteiger partial charge in [-0.15, -0.1) is 0 Å². The molecule has 3 unspecified atom stereocenters. The van der Waals surface area contributed by atoms with Crippen molar-refractivity contribution in [2.45, 2.75) is 23.3 Å². The van der Waals surface area contributed by atoms with Crippen LogP contribution in [-0.4, -0.2) is 63.1 Å². The van der Waals surface area contributed by atoms with Crippen LogP contribution in [0.4, 0.5) is 0 Å². The first-order chi connectivity index (χ1) is 14.5. The molecule has 0 spiro atoms. The second-order valence-electron chi connectivity index (χ2n) is 5.73. The van der Waals surface area contributed by atoms with Crippen LogP contribution in [0, 0.1) is 11.3 Å². The van der Waals surface area contributed by atoms with E-state index in [1.807, 2.05) is 10.4 Å². The molecule has 0 saturated carbocycles. The molecule has 2 heterocycles. The molecule has 1 fully saturated rings. The predicted octanol–water partition coefficient (Wildman–Crippen LogP) is -1.29. The molecule has 1 aromatic rings. The van der Waals surface area contributed by atoms with Gasteiger partial charge in [-0.25, -0.2) is 18.5 Å². The third kappa shape index (κ3) is 6.80. The number of halogens is 2. The molecule has 0 amide bonds. The van der Waals surface area contributed by atoms with Gasteiger partial charge in [0.25, 0.3) is 5.56 Å². The summed E-state index contributed by atoms with van der Waals surface area (Å²) in [7, 11) is -16.9. The largest absolute Gasteiger partial charge is 0.490 e. The number of aromatic nitrogens is 3. The first kappa shape index (κ1) is 27.3. The summed E-state index contributed by atoms with van der Waals surface area (Å²) in [6.07, 6.45) is -4.65. The first-order valence-corrected chi connectivity index (χ1v) is 12.9. The van der Waals surface area contributed by atoms with E-state index in [9.17, 15) is 33.3 Å². The van der Waals surface area contributed by atoms with E-state index in [0.717, 1.165) is 0 Å². The molecule has 0 aromatic carbocycles. The van der Waals surface area contributed by atoms with Gasteiger partial charge in [-0.05, 0) is 11.6 Å². The van der Waals surface area contributed by atoms with E-state index in [-0.39, 0.29) is 0 Å². The summed E-state index contributed by atoms with van der Waals surface area (Å²) in [5, 5.41) is 15.8. The number of phosphoric ester groups is 1. The SMILES string of the molecule is O=c1cnn([C@@H]2O[C@H](COP(=O)(O)OP(=O)(O)OP(=O)(O)O)[C@H](O)C2(Cl)C#CCl)c(=O)[nH]1. The maximum absolute atomic E-state index is 12.0. The van der Waals surface area contributed by atoms with Crippen molar-refractivity contribution < 1.29 is 56.3 Å². The van der Waals surface area contributed by atoms with Gasteiger partial charge in [0.1, 0.15) is 18.4 Å². The highest BCUT2D eigenvalue weighted by Crippen LogP contribution is 2.66. The van der Waals surface area contributed by atoms with Gasteiger partial charge in [0, 0.05) is 5.38 Å². The number of aromatic amines is 1. The second-order valence-corrected chi connectivity index (χ2v) is 11.0. The number of rotatable bonds is 8. The Kier molecular flexibility index (Phi) is 8.32. The summed E-state index contributed by atoms with van der Waals surface area (Å²) in [6, 6.07) is 0. The number of hydrogen-bond acceptors (Lipinski definition) is 11. The summed E-state index contributed by atoms with van der Waals surface area (Å²) < 4.78 is 51.0. The van der Waals surface area contributed by atoms with Gasteiger partial charge in [-0.1, -0.05) is 17.5 Å². The summed E-state index contributed by atoms with van der Waals surface area (Å²) in [4.78, 5) is 58.4. The normalized spacial score (nSPS) is 29.5. The van der Waals surface area contributed by atoms with Crippen LogP contribution in [0.2, 0.25) is 0 Å². The Bertz CT molecular complexity index is 1190. The standard InChI is InChI=1S/C10H12Cl2N3O14P3/c11-2-1-10(12)7(17)5(27-8(10)15-9(18)14-6(16)3-13-15)4-26-31(22,23)29-32(24,25)28-30(19,20)21/h3,5,7-8,17H,4H2,(H,22,23)(H,24,25)(H,14,16,18)(H2,19,20,21)/t5-,7+,8-,10?/m1/s1. The van der Waals surface area contributed by atoms with E-state index in [2.05, 4.69) is 24.2 Å². The van der Waals surface area contributed by atoms with E-state index in [1.165, 1.54) is 0 Å². The lowest BCUT2D eigenvalue weighted by molar-refractivity contribution is -0.0504. The Balaban J connectivity index is 2.24. The number of nitrogens with zero attached hydrogens (tertiary/aromatic N) is 2. The third-order valence-corrected chi connectivity index (χ3v) is 7.86. The lowest BCUT2D eigenvalue weighted by Gasteiger charge is -2.24. The van der Waals surface area contributed by atoms with Crippen molar-refractivity contribution in [3.05, 3.63) is 27.0 Å². The summed E-state index contributed by atoms with van der Waals surface area (Å²) in [5.74, 6) is 2.16. The molecule has 1 aliphatic rings. The number of aliphatic hydroxyl groups excluding tert-OH is 1. The van der Waals surface area contributed by atoms with E-state index in [1.54, 1.807) is 0 Å². The number of aliphatic hydroxyl groups is 1. The molecule has 0 bridgehead atoms. The molecular weight excluding hydrogens is 550 g/mol. The molecule has 1 aliphatic heterocycles. The fourth-order valence-corrected chi connectivity index (χ4v) is 5.90. The Labute approximate surface area is 186 Å². The molecule has 1 aromatic heterocycles. The number of phosphoric acid groups is 3. The van der Waals surface area contributed by atoms with Gasteiger partial charge in [-0.3, -0.25) is 14.3 Å². The molecule has 1 saturated heterocycles. The van der Waals surface area contributed by atoms with Gasteiger partial charge < -0.3 is 29.4 Å². The molecule has 22 heteroatoms. The van der Waals surface area contributed by atoms with Gasteiger partial charge in [0.15, 0.2) is 11.1 Å². The number of H-pyrrole nitrogens is 1. The molecule has 0 aliphatic carbocycles. The minimum atomic E-state index is -5.78. The van der Waals surface area contributed by atoms with Crippen LogP contribution in [-0.2, 0) is 31.6 Å². The van der Waals surface area contributed by atoms with Crippen LogP contribution in [0.5, 0.6) is 0 Å². The smallest absolute Gasteiger partial charge is 0.387 e. The quantitative estimate of drug-likeness (QED) is 0.122. The van der Waals surface area contributed by atoms with Crippen molar-refractivity contribution >= 4 is 46.7 Å². The molecule has 0 radical (unpaired) electrons. The maximum atomic E-state index is 12.0. The van der Waals surface area contributed by atoms with Gasteiger partial charge in [0.2, 0.25) is 0 Å². The van der Waals surface area contributed by atoms with E-state index < -0.39 is 64.6 Å². The molecule has 17 nitrogen and oxygen atoms in total. The van der Waals surface area contributed by atoms with Crippen LogP contribution < -0.4 is 11.2 Å².